The van der Waals surface area contributed by atoms with Gasteiger partial charge in [-0.1, -0.05) is 32.4 Å². The number of hydrogen-bond donors (Lipinski definition) is 2. The first-order chi connectivity index (χ1) is 15.9. The number of nitrogens with zero attached hydrogens (tertiary/aromatic N) is 2. The van der Waals surface area contributed by atoms with Crippen LogP contribution in [0.1, 0.15) is 44.1 Å². The van der Waals surface area contributed by atoms with Gasteiger partial charge in [-0.2, -0.15) is 0 Å². The summed E-state index contributed by atoms with van der Waals surface area (Å²) in [5.74, 6) is -0.233. The minimum absolute atomic E-state index is 0.0528. The highest BCUT2D eigenvalue weighted by Gasteiger charge is 2.19. The molecular weight excluding hydrogens is 426 g/mol. The van der Waals surface area contributed by atoms with Crippen LogP contribution in [0.25, 0.3) is 22.1 Å². The molecule has 0 aliphatic heterocycles. The Hall–Kier alpha value is -3.81. The van der Waals surface area contributed by atoms with Gasteiger partial charge in [-0.25, -0.2) is 18.7 Å². The molecule has 1 unspecified atom stereocenters. The molecule has 0 radical (unpaired) electrons. The van der Waals surface area contributed by atoms with Crippen molar-refractivity contribution in [3.05, 3.63) is 82.1 Å². The van der Waals surface area contributed by atoms with E-state index in [-0.39, 0.29) is 34.8 Å². The summed E-state index contributed by atoms with van der Waals surface area (Å²) in [6, 6.07) is 9.36. The number of benzene rings is 2. The molecule has 0 bridgehead atoms. The van der Waals surface area contributed by atoms with Crippen LogP contribution in [0.5, 0.6) is 0 Å². The first-order valence-corrected chi connectivity index (χ1v) is 10.7. The SMILES string of the molecule is CCCC(C)c1ncnc(NCc2oc3ccc(F)cc3c(=O)c2-c2cccc(F)c2)c1N. The zero-order valence-electron chi connectivity index (χ0n) is 18.4. The number of anilines is 2. The highest BCUT2D eigenvalue weighted by Crippen LogP contribution is 2.30. The van der Waals surface area contributed by atoms with Crippen LogP contribution in [0.15, 0.2) is 58.0 Å². The van der Waals surface area contributed by atoms with Gasteiger partial charge in [0.05, 0.1) is 28.9 Å². The summed E-state index contributed by atoms with van der Waals surface area (Å²) in [5, 5.41) is 3.20. The van der Waals surface area contributed by atoms with E-state index in [4.69, 9.17) is 10.2 Å². The Morgan fingerprint density at radius 1 is 1.12 bits per heavy atom. The van der Waals surface area contributed by atoms with Gasteiger partial charge >= 0.3 is 0 Å². The fourth-order valence-corrected chi connectivity index (χ4v) is 3.95. The largest absolute Gasteiger partial charge is 0.458 e. The summed E-state index contributed by atoms with van der Waals surface area (Å²) in [7, 11) is 0. The van der Waals surface area contributed by atoms with E-state index in [9.17, 15) is 13.6 Å². The van der Waals surface area contributed by atoms with Crippen molar-refractivity contribution in [3.8, 4) is 11.1 Å². The van der Waals surface area contributed by atoms with Crippen molar-refractivity contribution < 1.29 is 13.2 Å². The van der Waals surface area contributed by atoms with Crippen molar-refractivity contribution in [2.24, 2.45) is 0 Å². The second kappa shape index (κ2) is 9.36. The van der Waals surface area contributed by atoms with E-state index in [0.717, 1.165) is 24.6 Å². The third kappa shape index (κ3) is 4.55. The molecular formula is C25H24F2N4O2. The molecule has 2 heterocycles. The molecule has 4 rings (SSSR count). The number of hydrogen-bond acceptors (Lipinski definition) is 6. The van der Waals surface area contributed by atoms with Crippen molar-refractivity contribution >= 4 is 22.5 Å². The van der Waals surface area contributed by atoms with Crippen LogP contribution in [0, 0.1) is 11.6 Å². The molecule has 0 amide bonds. The zero-order valence-corrected chi connectivity index (χ0v) is 18.4. The van der Waals surface area contributed by atoms with Crippen molar-refractivity contribution in [2.75, 3.05) is 11.1 Å². The first-order valence-electron chi connectivity index (χ1n) is 10.7. The minimum atomic E-state index is -0.562. The second-order valence-electron chi connectivity index (χ2n) is 7.94. The van der Waals surface area contributed by atoms with E-state index in [1.165, 1.54) is 36.7 Å². The maximum atomic E-state index is 13.9. The molecule has 170 valence electrons. The van der Waals surface area contributed by atoms with Crippen molar-refractivity contribution in [1.29, 1.82) is 0 Å². The summed E-state index contributed by atoms with van der Waals surface area (Å²) in [6.45, 7) is 4.20. The molecule has 0 saturated carbocycles. The molecule has 2 aromatic carbocycles. The number of aromatic nitrogens is 2. The lowest BCUT2D eigenvalue weighted by Gasteiger charge is -2.16. The van der Waals surface area contributed by atoms with E-state index in [1.807, 2.05) is 0 Å². The topological polar surface area (TPSA) is 94.0 Å². The number of rotatable bonds is 7. The zero-order chi connectivity index (χ0) is 23.5. The van der Waals surface area contributed by atoms with E-state index in [2.05, 4.69) is 29.1 Å². The van der Waals surface area contributed by atoms with Crippen LogP contribution in [0.2, 0.25) is 0 Å². The smallest absolute Gasteiger partial charge is 0.200 e. The Morgan fingerprint density at radius 2 is 1.91 bits per heavy atom. The van der Waals surface area contributed by atoms with Crippen LogP contribution < -0.4 is 16.5 Å². The van der Waals surface area contributed by atoms with E-state index < -0.39 is 17.1 Å². The lowest BCUT2D eigenvalue weighted by molar-refractivity contribution is 0.546. The number of halogens is 2. The number of nitrogens with two attached hydrogens (primary N) is 1. The predicted molar refractivity (Wildman–Crippen MR) is 125 cm³/mol. The third-order valence-corrected chi connectivity index (χ3v) is 5.56. The number of fused-ring (bicyclic) bond motifs is 1. The normalized spacial score (nSPS) is 12.1. The summed E-state index contributed by atoms with van der Waals surface area (Å²) in [6.07, 6.45) is 3.36. The van der Waals surface area contributed by atoms with Gasteiger partial charge in [0.15, 0.2) is 5.82 Å². The van der Waals surface area contributed by atoms with Gasteiger partial charge < -0.3 is 15.5 Å². The van der Waals surface area contributed by atoms with Crippen LogP contribution in [0.4, 0.5) is 20.3 Å². The lowest BCUT2D eigenvalue weighted by Crippen LogP contribution is -2.14. The lowest BCUT2D eigenvalue weighted by atomic mass is 10.0. The number of nitrogens with one attached hydrogen (secondary N) is 1. The second-order valence-corrected chi connectivity index (χ2v) is 7.94. The minimum Gasteiger partial charge on any atom is -0.458 e. The molecule has 4 aromatic rings. The third-order valence-electron chi connectivity index (χ3n) is 5.56. The van der Waals surface area contributed by atoms with Crippen LogP contribution >= 0.6 is 0 Å². The molecule has 6 nitrogen and oxygen atoms in total. The summed E-state index contributed by atoms with van der Waals surface area (Å²) in [5.41, 5.74) is 7.74. The molecule has 1 atom stereocenters. The molecule has 3 N–H and O–H groups in total. The van der Waals surface area contributed by atoms with E-state index in [0.29, 0.717) is 17.1 Å². The van der Waals surface area contributed by atoms with Gasteiger partial charge in [-0.05, 0) is 42.3 Å². The Kier molecular flexibility index (Phi) is 6.35. The number of nitrogen functional groups attached to an aromatic ring is 1. The first kappa shape index (κ1) is 22.4. The molecule has 0 saturated heterocycles. The fraction of sp³-hybridized carbons (Fsp3) is 0.240. The van der Waals surface area contributed by atoms with Gasteiger partial charge in [-0.15, -0.1) is 0 Å². The average molecular weight is 450 g/mol. The molecule has 8 heteroatoms. The van der Waals surface area contributed by atoms with Crippen LogP contribution in [0.3, 0.4) is 0 Å². The quantitative estimate of drug-likeness (QED) is 0.379. The Bertz CT molecular complexity index is 1370. The summed E-state index contributed by atoms with van der Waals surface area (Å²) < 4.78 is 33.7. The average Bonchev–Trinajstić information content (AvgIpc) is 2.79. The van der Waals surface area contributed by atoms with Crippen LogP contribution in [-0.4, -0.2) is 9.97 Å². The Labute approximate surface area is 189 Å². The monoisotopic (exact) mass is 450 g/mol. The maximum Gasteiger partial charge on any atom is 0.200 e. The maximum absolute atomic E-state index is 13.9. The van der Waals surface area contributed by atoms with Crippen molar-refractivity contribution in [2.45, 2.75) is 39.2 Å². The van der Waals surface area contributed by atoms with Gasteiger partial charge in [0.1, 0.15) is 29.3 Å². The molecule has 2 aromatic heterocycles. The molecule has 0 aliphatic rings. The molecule has 0 aliphatic carbocycles. The summed E-state index contributed by atoms with van der Waals surface area (Å²) in [4.78, 5) is 21.8. The Morgan fingerprint density at radius 3 is 2.67 bits per heavy atom. The van der Waals surface area contributed by atoms with Gasteiger partial charge in [-0.3, -0.25) is 4.79 Å². The standard InChI is InChI=1S/C25H24F2N4O2/c1-3-5-14(2)23-22(28)25(31-13-30-23)29-12-20-21(15-6-4-7-16(26)10-15)24(32)18-11-17(27)8-9-19(18)33-20/h4,6-11,13-14H,3,5,12,28H2,1-2H3,(H,29,30,31). The van der Waals surface area contributed by atoms with E-state index >= 15 is 0 Å². The molecule has 0 fully saturated rings. The molecule has 33 heavy (non-hydrogen) atoms. The highest BCUT2D eigenvalue weighted by molar-refractivity contribution is 5.83. The van der Waals surface area contributed by atoms with Gasteiger partial charge in [0.2, 0.25) is 5.43 Å². The fourth-order valence-electron chi connectivity index (χ4n) is 3.95. The highest BCUT2D eigenvalue weighted by atomic mass is 19.1. The van der Waals surface area contributed by atoms with Crippen molar-refractivity contribution in [3.63, 3.8) is 0 Å². The molecule has 0 spiro atoms. The van der Waals surface area contributed by atoms with Gasteiger partial charge in [0, 0.05) is 5.92 Å². The van der Waals surface area contributed by atoms with Crippen molar-refractivity contribution in [1.82, 2.24) is 9.97 Å². The van der Waals surface area contributed by atoms with Crippen LogP contribution in [-0.2, 0) is 6.54 Å². The summed E-state index contributed by atoms with van der Waals surface area (Å²) >= 11 is 0. The van der Waals surface area contributed by atoms with Gasteiger partial charge in [0.25, 0.3) is 0 Å². The van der Waals surface area contributed by atoms with E-state index in [1.54, 1.807) is 6.07 Å². The Balaban J connectivity index is 1.78. The predicted octanol–water partition coefficient (Wildman–Crippen LogP) is 5.63.